The Morgan fingerprint density at radius 3 is 2.53 bits per heavy atom. The summed E-state index contributed by atoms with van der Waals surface area (Å²) in [5.74, 6) is 1.52. The molecule has 0 aromatic rings. The molecule has 3 atom stereocenters. The van der Waals surface area contributed by atoms with Gasteiger partial charge in [0, 0.05) is 13.1 Å². The topological polar surface area (TPSA) is 3.24 Å². The summed E-state index contributed by atoms with van der Waals surface area (Å²) in [5.41, 5.74) is 0. The van der Waals surface area contributed by atoms with Crippen LogP contribution in [0, 0.1) is 11.8 Å². The number of hydrogen-bond acceptors (Lipinski definition) is 1. The van der Waals surface area contributed by atoms with Crippen molar-refractivity contribution in [3.63, 3.8) is 0 Å². The summed E-state index contributed by atoms with van der Waals surface area (Å²) in [6, 6.07) is 0.647. The molecule has 0 aliphatic heterocycles. The lowest BCUT2D eigenvalue weighted by Crippen LogP contribution is -2.42. The summed E-state index contributed by atoms with van der Waals surface area (Å²) < 4.78 is 0. The zero-order valence-electron chi connectivity index (χ0n) is 12.4. The first kappa shape index (κ1) is 15.0. The minimum absolute atomic E-state index is 0.500. The lowest BCUT2D eigenvalue weighted by molar-refractivity contribution is 0.188. The third-order valence-electron chi connectivity index (χ3n) is 4.49. The lowest BCUT2D eigenvalue weighted by atomic mass is 9.62. The largest absolute Gasteiger partial charge is 0.366 e. The monoisotopic (exact) mass is 253 g/mol. The average Bonchev–Trinajstić information content (AvgIpc) is 2.35. The van der Waals surface area contributed by atoms with E-state index in [1.54, 1.807) is 0 Å². The predicted octanol–water partition coefficient (Wildman–Crippen LogP) is 3.29. The molecular formula is C14H28BNS. The van der Waals surface area contributed by atoms with Gasteiger partial charge in [-0.1, -0.05) is 57.6 Å². The van der Waals surface area contributed by atoms with Gasteiger partial charge in [-0.2, -0.15) is 0 Å². The van der Waals surface area contributed by atoms with Gasteiger partial charge in [-0.05, 0) is 25.2 Å². The summed E-state index contributed by atoms with van der Waals surface area (Å²) in [6.07, 6.45) is 5.34. The van der Waals surface area contributed by atoms with E-state index in [0.717, 1.165) is 16.8 Å². The zero-order valence-corrected chi connectivity index (χ0v) is 13.2. The second-order valence-electron chi connectivity index (χ2n) is 6.87. The van der Waals surface area contributed by atoms with Crippen molar-refractivity contribution in [3.8, 4) is 0 Å². The van der Waals surface area contributed by atoms with Crippen LogP contribution in [0.25, 0.3) is 0 Å². The van der Waals surface area contributed by atoms with E-state index in [9.17, 15) is 0 Å². The van der Waals surface area contributed by atoms with Gasteiger partial charge in [0.25, 0.3) is 0 Å². The SMILES string of the molecule is BC1(C)CCCC(N(C)C(C)=S)C(C(C)C)C1. The quantitative estimate of drug-likeness (QED) is 0.422. The van der Waals surface area contributed by atoms with Crippen molar-refractivity contribution in [2.24, 2.45) is 11.8 Å². The average molecular weight is 253 g/mol. The van der Waals surface area contributed by atoms with E-state index in [0.29, 0.717) is 11.4 Å². The van der Waals surface area contributed by atoms with Gasteiger partial charge in [-0.15, -0.1) is 0 Å². The molecule has 0 spiro atoms. The van der Waals surface area contributed by atoms with Gasteiger partial charge in [-0.3, -0.25) is 0 Å². The Hall–Kier alpha value is -0.0451. The molecule has 0 aromatic carbocycles. The first-order valence-electron chi connectivity index (χ1n) is 6.98. The van der Waals surface area contributed by atoms with Crippen LogP contribution >= 0.6 is 12.2 Å². The van der Waals surface area contributed by atoms with Crippen LogP contribution in [0.1, 0.15) is 53.4 Å². The van der Waals surface area contributed by atoms with Crippen LogP contribution in [0.4, 0.5) is 0 Å². The molecule has 17 heavy (non-hydrogen) atoms. The highest BCUT2D eigenvalue weighted by atomic mass is 32.1. The van der Waals surface area contributed by atoms with E-state index >= 15 is 0 Å². The van der Waals surface area contributed by atoms with Crippen molar-refractivity contribution in [1.82, 2.24) is 4.90 Å². The molecule has 98 valence electrons. The van der Waals surface area contributed by atoms with Gasteiger partial charge in [0.15, 0.2) is 0 Å². The Bertz CT molecular complexity index is 275. The van der Waals surface area contributed by atoms with Crippen molar-refractivity contribution in [1.29, 1.82) is 0 Å². The minimum atomic E-state index is 0.500. The molecule has 0 bridgehead atoms. The summed E-state index contributed by atoms with van der Waals surface area (Å²) in [4.78, 5) is 3.39. The van der Waals surface area contributed by atoms with Gasteiger partial charge >= 0.3 is 0 Å². The molecule has 0 amide bonds. The van der Waals surface area contributed by atoms with Crippen molar-refractivity contribution < 1.29 is 0 Å². The molecule has 1 rings (SSSR count). The van der Waals surface area contributed by atoms with Crippen LogP contribution in [0.2, 0.25) is 5.31 Å². The molecule has 1 fully saturated rings. The Balaban J connectivity index is 2.90. The van der Waals surface area contributed by atoms with E-state index in [1.807, 2.05) is 0 Å². The molecule has 1 nitrogen and oxygen atoms in total. The Labute approximate surface area is 114 Å². The van der Waals surface area contributed by atoms with E-state index < -0.39 is 0 Å². The van der Waals surface area contributed by atoms with Crippen molar-refractivity contribution in [3.05, 3.63) is 0 Å². The van der Waals surface area contributed by atoms with E-state index in [1.165, 1.54) is 25.7 Å². The smallest absolute Gasteiger partial charge is 0.109 e. The second kappa shape index (κ2) is 5.73. The fourth-order valence-electron chi connectivity index (χ4n) is 3.27. The van der Waals surface area contributed by atoms with Crippen LogP contribution in [-0.2, 0) is 0 Å². The van der Waals surface area contributed by atoms with Crippen LogP contribution in [-0.4, -0.2) is 30.8 Å². The predicted molar refractivity (Wildman–Crippen MR) is 83.5 cm³/mol. The number of hydrogen-bond donors (Lipinski definition) is 0. The molecule has 1 aliphatic rings. The van der Waals surface area contributed by atoms with E-state index in [4.69, 9.17) is 12.2 Å². The fourth-order valence-corrected chi connectivity index (χ4v) is 3.41. The highest BCUT2D eigenvalue weighted by molar-refractivity contribution is 7.80. The van der Waals surface area contributed by atoms with Crippen molar-refractivity contribution >= 4 is 25.1 Å². The highest BCUT2D eigenvalue weighted by Gasteiger charge is 2.35. The van der Waals surface area contributed by atoms with Gasteiger partial charge in [-0.25, -0.2) is 0 Å². The first-order chi connectivity index (χ1) is 7.74. The Morgan fingerprint density at radius 2 is 2.06 bits per heavy atom. The molecule has 1 saturated carbocycles. The maximum absolute atomic E-state index is 5.37. The van der Waals surface area contributed by atoms with Gasteiger partial charge in [0.2, 0.25) is 0 Å². The number of nitrogens with zero attached hydrogens (tertiary/aromatic N) is 1. The van der Waals surface area contributed by atoms with E-state index in [2.05, 4.69) is 47.5 Å². The third kappa shape index (κ3) is 3.98. The number of thiocarbonyl (C=S) groups is 1. The maximum Gasteiger partial charge on any atom is 0.109 e. The van der Waals surface area contributed by atoms with Gasteiger partial charge in [0.05, 0.1) is 4.99 Å². The second-order valence-corrected chi connectivity index (χ2v) is 7.46. The Morgan fingerprint density at radius 1 is 1.47 bits per heavy atom. The van der Waals surface area contributed by atoms with Crippen molar-refractivity contribution in [2.75, 3.05) is 7.05 Å². The summed E-state index contributed by atoms with van der Waals surface area (Å²) >= 11 is 5.37. The third-order valence-corrected chi connectivity index (χ3v) is 4.77. The molecular weight excluding hydrogens is 225 g/mol. The minimum Gasteiger partial charge on any atom is -0.366 e. The molecule has 0 aromatic heterocycles. The Kier molecular flexibility index (Phi) is 5.06. The molecule has 0 N–H and O–H groups in total. The molecule has 3 heteroatoms. The first-order valence-corrected chi connectivity index (χ1v) is 7.39. The molecule has 0 heterocycles. The fraction of sp³-hybridized carbons (Fsp3) is 0.929. The number of rotatable bonds is 2. The molecule has 1 aliphatic carbocycles. The van der Waals surface area contributed by atoms with Gasteiger partial charge in [0.1, 0.15) is 7.85 Å². The summed E-state index contributed by atoms with van der Waals surface area (Å²) in [5, 5.41) is 0.500. The van der Waals surface area contributed by atoms with Gasteiger partial charge < -0.3 is 4.90 Å². The summed E-state index contributed by atoms with van der Waals surface area (Å²) in [7, 11) is 4.61. The van der Waals surface area contributed by atoms with E-state index in [-0.39, 0.29) is 0 Å². The summed E-state index contributed by atoms with van der Waals surface area (Å²) in [6.45, 7) is 9.22. The lowest BCUT2D eigenvalue weighted by Gasteiger charge is -2.38. The standard InChI is InChI=1S/C14H28BNS/c1-10(2)12-9-14(4,15)8-6-7-13(12)16(5)11(3)17/h10,12-13H,6-9,15H2,1-5H3. The van der Waals surface area contributed by atoms with Crippen LogP contribution < -0.4 is 0 Å². The molecule has 0 saturated heterocycles. The highest BCUT2D eigenvalue weighted by Crippen LogP contribution is 2.44. The molecule has 0 radical (unpaired) electrons. The molecule has 3 unspecified atom stereocenters. The van der Waals surface area contributed by atoms with Crippen LogP contribution in [0.5, 0.6) is 0 Å². The van der Waals surface area contributed by atoms with Crippen LogP contribution in [0.3, 0.4) is 0 Å². The van der Waals surface area contributed by atoms with Crippen molar-refractivity contribution in [2.45, 2.75) is 64.7 Å². The maximum atomic E-state index is 5.37. The zero-order chi connectivity index (χ0) is 13.2. The van der Waals surface area contributed by atoms with Crippen LogP contribution in [0.15, 0.2) is 0 Å². The normalized spacial score (nSPS) is 34.5.